The van der Waals surface area contributed by atoms with Gasteiger partial charge in [-0.3, -0.25) is 9.59 Å². The number of carbonyl (C=O) groups excluding carboxylic acids is 2. The molecule has 1 saturated heterocycles. The van der Waals surface area contributed by atoms with Gasteiger partial charge in [0.15, 0.2) is 5.69 Å². The van der Waals surface area contributed by atoms with Gasteiger partial charge in [-0.2, -0.15) is 0 Å². The van der Waals surface area contributed by atoms with E-state index in [1.165, 1.54) is 0 Å². The van der Waals surface area contributed by atoms with Crippen molar-refractivity contribution < 1.29 is 14.3 Å². The van der Waals surface area contributed by atoms with Crippen LogP contribution in [0.2, 0.25) is 0 Å². The molecule has 0 aliphatic carbocycles. The van der Waals surface area contributed by atoms with Crippen LogP contribution >= 0.6 is 0 Å². The van der Waals surface area contributed by atoms with Gasteiger partial charge in [0.2, 0.25) is 0 Å². The number of hydrogen-bond donors (Lipinski definition) is 0. The zero-order valence-electron chi connectivity index (χ0n) is 18.0. The Morgan fingerprint density at radius 1 is 0.906 bits per heavy atom. The van der Waals surface area contributed by atoms with E-state index in [0.29, 0.717) is 56.3 Å². The number of carbonyl (C=O) groups is 2. The molecule has 2 aliphatic rings. The van der Waals surface area contributed by atoms with Crippen molar-refractivity contribution in [2.45, 2.75) is 26.2 Å². The van der Waals surface area contributed by atoms with E-state index in [2.05, 4.69) is 10.3 Å². The van der Waals surface area contributed by atoms with Crippen LogP contribution in [0.3, 0.4) is 0 Å². The van der Waals surface area contributed by atoms with Gasteiger partial charge in [0.25, 0.3) is 11.8 Å². The van der Waals surface area contributed by atoms with Crippen LogP contribution in [-0.2, 0) is 17.9 Å². The molecule has 2 aromatic carbocycles. The molecule has 0 bridgehead atoms. The minimum Gasteiger partial charge on any atom is -0.365 e. The number of aryl methyl sites for hydroxylation is 1. The van der Waals surface area contributed by atoms with Gasteiger partial charge in [0.05, 0.1) is 18.8 Å². The highest BCUT2D eigenvalue weighted by molar-refractivity contribution is 5.95. The normalized spacial score (nSPS) is 18.3. The lowest BCUT2D eigenvalue weighted by Gasteiger charge is -2.34. The Morgan fingerprint density at radius 3 is 2.25 bits per heavy atom. The SMILES string of the molecule is Cc1ccc(C(=O)N2CCN(C(=O)c3nnn4c3CO[C@H](c3ccccc3)C4)CC2)cc1. The van der Waals surface area contributed by atoms with Crippen LogP contribution in [0.15, 0.2) is 54.6 Å². The zero-order valence-corrected chi connectivity index (χ0v) is 18.0. The first-order valence-corrected chi connectivity index (χ1v) is 10.8. The number of amides is 2. The molecule has 0 spiro atoms. The molecule has 1 fully saturated rings. The molecule has 0 saturated carbocycles. The summed E-state index contributed by atoms with van der Waals surface area (Å²) in [5, 5.41) is 8.39. The number of rotatable bonds is 3. The fourth-order valence-corrected chi connectivity index (χ4v) is 4.19. The quantitative estimate of drug-likeness (QED) is 0.636. The number of aromatic nitrogens is 3. The van der Waals surface area contributed by atoms with Crippen LogP contribution in [0.25, 0.3) is 0 Å². The molecule has 0 radical (unpaired) electrons. The Morgan fingerprint density at radius 2 is 1.56 bits per heavy atom. The average molecular weight is 431 g/mol. The van der Waals surface area contributed by atoms with E-state index in [4.69, 9.17) is 4.74 Å². The second-order valence-electron chi connectivity index (χ2n) is 8.23. The molecule has 3 heterocycles. The summed E-state index contributed by atoms with van der Waals surface area (Å²) < 4.78 is 7.78. The molecular weight excluding hydrogens is 406 g/mol. The lowest BCUT2D eigenvalue weighted by Crippen LogP contribution is -2.50. The minimum atomic E-state index is -0.157. The van der Waals surface area contributed by atoms with Gasteiger partial charge in [-0.25, -0.2) is 4.68 Å². The molecule has 0 unspecified atom stereocenters. The van der Waals surface area contributed by atoms with Crippen LogP contribution in [0.5, 0.6) is 0 Å². The minimum absolute atomic E-state index is 0.00140. The monoisotopic (exact) mass is 431 g/mol. The number of fused-ring (bicyclic) bond motifs is 1. The number of benzene rings is 2. The molecular formula is C24H25N5O3. The van der Waals surface area contributed by atoms with Crippen molar-refractivity contribution in [1.29, 1.82) is 0 Å². The molecule has 5 rings (SSSR count). The molecule has 8 nitrogen and oxygen atoms in total. The maximum atomic E-state index is 13.1. The van der Waals surface area contributed by atoms with Gasteiger partial charge in [-0.1, -0.05) is 53.2 Å². The van der Waals surface area contributed by atoms with Crippen molar-refractivity contribution in [2.75, 3.05) is 26.2 Å². The molecule has 2 aliphatic heterocycles. The van der Waals surface area contributed by atoms with Gasteiger partial charge in [-0.15, -0.1) is 5.10 Å². The van der Waals surface area contributed by atoms with Crippen molar-refractivity contribution in [3.8, 4) is 0 Å². The molecule has 1 aromatic heterocycles. The third kappa shape index (κ3) is 3.89. The molecule has 3 aromatic rings. The molecule has 2 amide bonds. The van der Waals surface area contributed by atoms with Gasteiger partial charge in [-0.05, 0) is 24.6 Å². The summed E-state index contributed by atoms with van der Waals surface area (Å²) in [7, 11) is 0. The maximum Gasteiger partial charge on any atom is 0.276 e. The summed E-state index contributed by atoms with van der Waals surface area (Å²) in [6.45, 7) is 4.74. The summed E-state index contributed by atoms with van der Waals surface area (Å²) in [6.07, 6.45) is -0.107. The summed E-state index contributed by atoms with van der Waals surface area (Å²) >= 11 is 0. The highest BCUT2D eigenvalue weighted by Crippen LogP contribution is 2.27. The summed E-state index contributed by atoms with van der Waals surface area (Å²) in [6, 6.07) is 17.5. The number of nitrogens with zero attached hydrogens (tertiary/aromatic N) is 5. The molecule has 1 atom stereocenters. The van der Waals surface area contributed by atoms with Crippen molar-refractivity contribution in [3.63, 3.8) is 0 Å². The summed E-state index contributed by atoms with van der Waals surface area (Å²) in [5.41, 5.74) is 3.92. The van der Waals surface area contributed by atoms with E-state index in [1.807, 2.05) is 61.5 Å². The first-order valence-electron chi connectivity index (χ1n) is 10.8. The standard InChI is InChI=1S/C24H25N5O3/c1-17-7-9-19(10-8-17)23(30)27-11-13-28(14-12-27)24(31)22-20-16-32-21(15-29(20)26-25-22)18-5-3-2-4-6-18/h2-10,21H,11-16H2,1H3/t21-/m0/s1. The van der Waals surface area contributed by atoms with E-state index >= 15 is 0 Å². The highest BCUT2D eigenvalue weighted by atomic mass is 16.5. The zero-order chi connectivity index (χ0) is 22.1. The topological polar surface area (TPSA) is 80.6 Å². The Hall–Kier alpha value is -3.52. The highest BCUT2D eigenvalue weighted by Gasteiger charge is 2.32. The van der Waals surface area contributed by atoms with E-state index in [1.54, 1.807) is 14.5 Å². The van der Waals surface area contributed by atoms with Crippen LogP contribution in [-0.4, -0.2) is 62.8 Å². The smallest absolute Gasteiger partial charge is 0.276 e. The van der Waals surface area contributed by atoms with Crippen LogP contribution in [0, 0.1) is 6.92 Å². The summed E-state index contributed by atoms with van der Waals surface area (Å²) in [4.78, 5) is 29.4. The number of hydrogen-bond acceptors (Lipinski definition) is 5. The molecule has 0 N–H and O–H groups in total. The fourth-order valence-electron chi connectivity index (χ4n) is 4.19. The molecule has 8 heteroatoms. The van der Waals surface area contributed by atoms with E-state index in [-0.39, 0.29) is 17.9 Å². The van der Waals surface area contributed by atoms with Gasteiger partial charge < -0.3 is 14.5 Å². The van der Waals surface area contributed by atoms with Crippen LogP contribution in [0.4, 0.5) is 0 Å². The van der Waals surface area contributed by atoms with Gasteiger partial charge in [0.1, 0.15) is 6.10 Å². The third-order valence-corrected chi connectivity index (χ3v) is 6.12. The van der Waals surface area contributed by atoms with Crippen molar-refractivity contribution >= 4 is 11.8 Å². The average Bonchev–Trinajstić information content (AvgIpc) is 3.27. The third-order valence-electron chi connectivity index (χ3n) is 6.12. The van der Waals surface area contributed by atoms with Crippen molar-refractivity contribution in [1.82, 2.24) is 24.8 Å². The van der Waals surface area contributed by atoms with Crippen LogP contribution < -0.4 is 0 Å². The molecule has 164 valence electrons. The maximum absolute atomic E-state index is 13.1. The number of ether oxygens (including phenoxy) is 1. The Bertz CT molecular complexity index is 1120. The predicted molar refractivity (Wildman–Crippen MR) is 117 cm³/mol. The van der Waals surface area contributed by atoms with E-state index in [0.717, 1.165) is 11.1 Å². The second-order valence-corrected chi connectivity index (χ2v) is 8.23. The lowest BCUT2D eigenvalue weighted by molar-refractivity contribution is -0.00202. The number of piperazine rings is 1. The van der Waals surface area contributed by atoms with Gasteiger partial charge in [0, 0.05) is 31.7 Å². The molecule has 32 heavy (non-hydrogen) atoms. The Kier molecular flexibility index (Phi) is 5.45. The van der Waals surface area contributed by atoms with E-state index < -0.39 is 0 Å². The predicted octanol–water partition coefficient (Wildman–Crippen LogP) is 2.46. The first-order chi connectivity index (χ1) is 15.6. The Labute approximate surface area is 186 Å². The summed E-state index contributed by atoms with van der Waals surface area (Å²) in [5.74, 6) is -0.158. The fraction of sp³-hybridized carbons (Fsp3) is 0.333. The second kappa shape index (κ2) is 8.55. The first kappa shape index (κ1) is 20.4. The van der Waals surface area contributed by atoms with Crippen molar-refractivity contribution in [2.24, 2.45) is 0 Å². The van der Waals surface area contributed by atoms with Crippen molar-refractivity contribution in [3.05, 3.63) is 82.7 Å². The van der Waals surface area contributed by atoms with Crippen LogP contribution in [0.1, 0.15) is 43.8 Å². The van der Waals surface area contributed by atoms with Gasteiger partial charge >= 0.3 is 0 Å². The Balaban J connectivity index is 1.23. The lowest BCUT2D eigenvalue weighted by atomic mass is 10.1. The van der Waals surface area contributed by atoms with E-state index in [9.17, 15) is 9.59 Å². The largest absolute Gasteiger partial charge is 0.365 e.